The molecule has 2 nitrogen and oxygen atoms in total. The summed E-state index contributed by atoms with van der Waals surface area (Å²) in [5.74, 6) is 1.19. The lowest BCUT2D eigenvalue weighted by Gasteiger charge is -2.29. The summed E-state index contributed by atoms with van der Waals surface area (Å²) in [6.07, 6.45) is 7.43. The van der Waals surface area contributed by atoms with Crippen molar-refractivity contribution in [3.05, 3.63) is 29.3 Å². The number of phenolic OH excluding ortho intramolecular Hbond substituents is 1. The lowest BCUT2D eigenvalue weighted by molar-refractivity contribution is 0.378. The zero-order valence-electron chi connectivity index (χ0n) is 13.2. The predicted molar refractivity (Wildman–Crippen MR) is 85.1 cm³/mol. The molecular weight excluding hydrogens is 246 g/mol. The second-order valence-electron chi connectivity index (χ2n) is 6.72. The molecule has 0 spiro atoms. The number of aryl methyl sites for hydroxylation is 1. The van der Waals surface area contributed by atoms with Crippen molar-refractivity contribution in [2.75, 3.05) is 0 Å². The quantitative estimate of drug-likeness (QED) is 0.797. The van der Waals surface area contributed by atoms with Gasteiger partial charge in [-0.1, -0.05) is 32.8 Å². The number of benzene rings is 1. The lowest BCUT2D eigenvalue weighted by Crippen LogP contribution is -2.32. The van der Waals surface area contributed by atoms with E-state index in [1.54, 1.807) is 0 Å². The Kier molecular flexibility index (Phi) is 5.47. The summed E-state index contributed by atoms with van der Waals surface area (Å²) in [5.41, 5.74) is 2.72. The van der Waals surface area contributed by atoms with Crippen molar-refractivity contribution < 1.29 is 5.11 Å². The summed E-state index contributed by atoms with van der Waals surface area (Å²) in [4.78, 5) is 0. The van der Waals surface area contributed by atoms with Crippen LogP contribution in [0.25, 0.3) is 0 Å². The number of hydrogen-bond donors (Lipinski definition) is 2. The van der Waals surface area contributed by atoms with Gasteiger partial charge >= 0.3 is 0 Å². The van der Waals surface area contributed by atoms with E-state index in [-0.39, 0.29) is 0 Å². The fraction of sp³-hybridized carbons (Fsp3) is 0.667. The van der Waals surface area contributed by atoms with Gasteiger partial charge in [-0.25, -0.2) is 0 Å². The van der Waals surface area contributed by atoms with Gasteiger partial charge in [-0.3, -0.25) is 0 Å². The van der Waals surface area contributed by atoms with Crippen molar-refractivity contribution in [1.29, 1.82) is 0 Å². The van der Waals surface area contributed by atoms with Crippen LogP contribution in [0.5, 0.6) is 5.75 Å². The number of phenols is 1. The lowest BCUT2D eigenvalue weighted by atomic mass is 9.87. The molecule has 0 aromatic heterocycles. The summed E-state index contributed by atoms with van der Waals surface area (Å²) in [6.45, 7) is 6.87. The van der Waals surface area contributed by atoms with Crippen molar-refractivity contribution in [3.63, 3.8) is 0 Å². The van der Waals surface area contributed by atoms with Crippen LogP contribution in [0.2, 0.25) is 0 Å². The number of fused-ring (bicyclic) bond motifs is 1. The highest BCUT2D eigenvalue weighted by Gasteiger charge is 2.21. The molecule has 2 N–H and O–H groups in total. The second-order valence-corrected chi connectivity index (χ2v) is 6.72. The molecule has 0 radical (unpaired) electrons. The Labute approximate surface area is 123 Å². The smallest absolute Gasteiger partial charge is 0.115 e. The van der Waals surface area contributed by atoms with Gasteiger partial charge in [0.25, 0.3) is 0 Å². The van der Waals surface area contributed by atoms with Crippen LogP contribution in [0, 0.1) is 5.92 Å². The maximum atomic E-state index is 9.71. The molecule has 0 saturated heterocycles. The molecule has 0 fully saturated rings. The first-order valence-electron chi connectivity index (χ1n) is 8.14. The third-order valence-corrected chi connectivity index (χ3v) is 4.35. The van der Waals surface area contributed by atoms with Gasteiger partial charge in [0.05, 0.1) is 0 Å². The summed E-state index contributed by atoms with van der Waals surface area (Å²) < 4.78 is 0. The Hall–Kier alpha value is -1.02. The molecule has 2 atom stereocenters. The van der Waals surface area contributed by atoms with E-state index in [9.17, 15) is 5.11 Å². The molecule has 0 aliphatic heterocycles. The number of hydrogen-bond acceptors (Lipinski definition) is 2. The van der Waals surface area contributed by atoms with E-state index < -0.39 is 0 Å². The molecule has 1 aliphatic rings. The molecule has 20 heavy (non-hydrogen) atoms. The van der Waals surface area contributed by atoms with E-state index in [2.05, 4.69) is 32.2 Å². The van der Waals surface area contributed by atoms with Gasteiger partial charge in [-0.2, -0.15) is 0 Å². The van der Waals surface area contributed by atoms with Crippen molar-refractivity contribution in [2.24, 2.45) is 5.92 Å². The van der Waals surface area contributed by atoms with Crippen LogP contribution in [0.4, 0.5) is 0 Å². The van der Waals surface area contributed by atoms with Crippen LogP contribution in [0.15, 0.2) is 18.2 Å². The average Bonchev–Trinajstić information content (AvgIpc) is 2.39. The van der Waals surface area contributed by atoms with Crippen LogP contribution in [-0.2, 0) is 6.42 Å². The van der Waals surface area contributed by atoms with E-state index >= 15 is 0 Å². The number of nitrogens with one attached hydrogen (secondary N) is 1. The predicted octanol–water partition coefficient (Wildman–Crippen LogP) is 4.57. The summed E-state index contributed by atoms with van der Waals surface area (Å²) in [7, 11) is 0. The van der Waals surface area contributed by atoms with Crippen molar-refractivity contribution >= 4 is 0 Å². The molecule has 1 aromatic rings. The Balaban J connectivity index is 1.92. The summed E-state index contributed by atoms with van der Waals surface area (Å²) in [6, 6.07) is 6.81. The van der Waals surface area contributed by atoms with Gasteiger partial charge in [-0.05, 0) is 61.8 Å². The highest BCUT2D eigenvalue weighted by atomic mass is 16.3. The van der Waals surface area contributed by atoms with Crippen LogP contribution >= 0.6 is 0 Å². The minimum atomic E-state index is 0.393. The molecule has 2 unspecified atom stereocenters. The first kappa shape index (κ1) is 15.4. The van der Waals surface area contributed by atoms with Gasteiger partial charge in [0.2, 0.25) is 0 Å². The van der Waals surface area contributed by atoms with Crippen LogP contribution < -0.4 is 5.32 Å². The van der Waals surface area contributed by atoms with Crippen LogP contribution in [0.1, 0.15) is 70.0 Å². The zero-order chi connectivity index (χ0) is 14.5. The molecule has 2 heteroatoms. The maximum absolute atomic E-state index is 9.71. The summed E-state index contributed by atoms with van der Waals surface area (Å²) in [5, 5.41) is 13.5. The Morgan fingerprint density at radius 3 is 2.80 bits per heavy atom. The van der Waals surface area contributed by atoms with E-state index in [0.717, 1.165) is 12.3 Å². The molecule has 1 aliphatic carbocycles. The average molecular weight is 275 g/mol. The van der Waals surface area contributed by atoms with E-state index in [0.29, 0.717) is 17.8 Å². The zero-order valence-corrected chi connectivity index (χ0v) is 13.2. The fourth-order valence-corrected chi connectivity index (χ4v) is 3.22. The van der Waals surface area contributed by atoms with Gasteiger partial charge in [-0.15, -0.1) is 0 Å². The van der Waals surface area contributed by atoms with Gasteiger partial charge in [0.1, 0.15) is 5.75 Å². The largest absolute Gasteiger partial charge is 0.508 e. The third kappa shape index (κ3) is 4.24. The molecular formula is C18H29NO. The first-order chi connectivity index (χ1) is 9.56. The SMILES string of the molecule is CC(C)CCCC(C)NC1CCCc2ccc(O)cc21. The minimum Gasteiger partial charge on any atom is -0.508 e. The highest BCUT2D eigenvalue weighted by Crippen LogP contribution is 2.32. The minimum absolute atomic E-state index is 0.393. The van der Waals surface area contributed by atoms with E-state index in [4.69, 9.17) is 0 Å². The number of aromatic hydroxyl groups is 1. The molecule has 112 valence electrons. The van der Waals surface area contributed by atoms with Crippen LogP contribution in [0.3, 0.4) is 0 Å². The van der Waals surface area contributed by atoms with Gasteiger partial charge in [0.15, 0.2) is 0 Å². The Morgan fingerprint density at radius 1 is 1.25 bits per heavy atom. The second kappa shape index (κ2) is 7.12. The van der Waals surface area contributed by atoms with E-state index in [1.807, 2.05) is 12.1 Å². The molecule has 0 amide bonds. The first-order valence-corrected chi connectivity index (χ1v) is 8.14. The van der Waals surface area contributed by atoms with Crippen LogP contribution in [-0.4, -0.2) is 11.1 Å². The van der Waals surface area contributed by atoms with E-state index in [1.165, 1.54) is 43.2 Å². The monoisotopic (exact) mass is 275 g/mol. The standard InChI is InChI=1S/C18H29NO/c1-13(2)6-4-7-14(3)19-18-9-5-8-15-10-11-16(20)12-17(15)18/h10-14,18-20H,4-9H2,1-3H3. The molecule has 1 aromatic carbocycles. The Morgan fingerprint density at radius 2 is 2.05 bits per heavy atom. The highest BCUT2D eigenvalue weighted by molar-refractivity contribution is 5.38. The Bertz CT molecular complexity index is 427. The fourth-order valence-electron chi connectivity index (χ4n) is 3.22. The van der Waals surface area contributed by atoms with Crippen molar-refractivity contribution in [2.45, 2.75) is 71.4 Å². The molecule has 2 rings (SSSR count). The normalized spacial score (nSPS) is 19.9. The van der Waals surface area contributed by atoms with Gasteiger partial charge in [0, 0.05) is 12.1 Å². The molecule has 0 heterocycles. The maximum Gasteiger partial charge on any atom is 0.115 e. The van der Waals surface area contributed by atoms with Crippen molar-refractivity contribution in [1.82, 2.24) is 5.32 Å². The molecule has 0 saturated carbocycles. The molecule has 0 bridgehead atoms. The topological polar surface area (TPSA) is 32.3 Å². The van der Waals surface area contributed by atoms with Gasteiger partial charge < -0.3 is 10.4 Å². The number of rotatable bonds is 6. The van der Waals surface area contributed by atoms with Crippen molar-refractivity contribution in [3.8, 4) is 5.75 Å². The third-order valence-electron chi connectivity index (χ3n) is 4.35. The summed E-state index contributed by atoms with van der Waals surface area (Å²) >= 11 is 0.